The summed E-state index contributed by atoms with van der Waals surface area (Å²) >= 11 is 0. The second-order valence-electron chi connectivity index (χ2n) is 8.57. The highest BCUT2D eigenvalue weighted by atomic mass is 28.4. The summed E-state index contributed by atoms with van der Waals surface area (Å²) in [6, 6.07) is 11.8. The zero-order valence-corrected chi connectivity index (χ0v) is 17.3. The second kappa shape index (κ2) is 8.13. The van der Waals surface area contributed by atoms with Gasteiger partial charge < -0.3 is 9.16 Å². The highest BCUT2D eigenvalue weighted by Crippen LogP contribution is 2.37. The Morgan fingerprint density at radius 1 is 1.04 bits per heavy atom. The van der Waals surface area contributed by atoms with Crippen molar-refractivity contribution in [2.45, 2.75) is 70.4 Å². The number of likely N-dealkylation sites (tertiary alicyclic amines) is 1. The third-order valence-electron chi connectivity index (χ3n) is 5.78. The van der Waals surface area contributed by atoms with Crippen LogP contribution in [0, 0.1) is 0 Å². The Balaban J connectivity index is 2.04. The molecule has 0 spiro atoms. The molecule has 0 bridgehead atoms. The fourth-order valence-corrected chi connectivity index (χ4v) is 4.18. The molecule has 2 rings (SSSR count). The standard InChI is InChI=1S/C20H35NO2Si/c1-20(2,3)24(5,6)23-16-19-13-12-18(15-22-4)21(19)14-17-10-8-7-9-11-17/h7-11,18-19H,12-16H2,1-6H3. The molecule has 1 aromatic carbocycles. The van der Waals surface area contributed by atoms with Gasteiger partial charge in [-0.25, -0.2) is 0 Å². The van der Waals surface area contributed by atoms with Crippen molar-refractivity contribution in [3.8, 4) is 0 Å². The SMILES string of the molecule is COCC1CCC(CO[Si](C)(C)C(C)(C)C)N1Cc1ccccc1. The third-order valence-corrected chi connectivity index (χ3v) is 10.3. The number of hydrogen-bond donors (Lipinski definition) is 0. The van der Waals surface area contributed by atoms with Crippen molar-refractivity contribution in [2.24, 2.45) is 0 Å². The first-order valence-electron chi connectivity index (χ1n) is 9.17. The lowest BCUT2D eigenvalue weighted by atomic mass is 10.2. The van der Waals surface area contributed by atoms with Gasteiger partial charge in [0.2, 0.25) is 0 Å². The van der Waals surface area contributed by atoms with E-state index in [0.717, 1.165) is 19.8 Å². The van der Waals surface area contributed by atoms with Crippen LogP contribution in [0.4, 0.5) is 0 Å². The number of nitrogens with zero attached hydrogens (tertiary/aromatic N) is 1. The van der Waals surface area contributed by atoms with Gasteiger partial charge in [-0.1, -0.05) is 51.1 Å². The molecule has 0 aliphatic carbocycles. The van der Waals surface area contributed by atoms with Crippen molar-refractivity contribution >= 4 is 8.32 Å². The molecule has 0 amide bonds. The summed E-state index contributed by atoms with van der Waals surface area (Å²) in [7, 11) is 0.113. The molecular formula is C20H35NO2Si. The Morgan fingerprint density at radius 2 is 1.62 bits per heavy atom. The third kappa shape index (κ3) is 4.91. The van der Waals surface area contributed by atoms with Gasteiger partial charge in [-0.2, -0.15) is 0 Å². The van der Waals surface area contributed by atoms with E-state index in [0.29, 0.717) is 12.1 Å². The number of rotatable bonds is 7. The molecule has 1 heterocycles. The number of ether oxygens (including phenoxy) is 1. The molecule has 2 unspecified atom stereocenters. The molecule has 24 heavy (non-hydrogen) atoms. The first-order chi connectivity index (χ1) is 11.2. The molecule has 3 nitrogen and oxygen atoms in total. The minimum absolute atomic E-state index is 0.266. The van der Waals surface area contributed by atoms with Gasteiger partial charge in [0.1, 0.15) is 0 Å². The molecule has 4 heteroatoms. The molecule has 1 fully saturated rings. The lowest BCUT2D eigenvalue weighted by Gasteiger charge is -2.38. The normalized spacial score (nSPS) is 22.9. The number of methoxy groups -OCH3 is 1. The topological polar surface area (TPSA) is 21.7 Å². The van der Waals surface area contributed by atoms with Crippen molar-refractivity contribution in [3.63, 3.8) is 0 Å². The Morgan fingerprint density at radius 3 is 2.17 bits per heavy atom. The van der Waals surface area contributed by atoms with Crippen LogP contribution >= 0.6 is 0 Å². The van der Waals surface area contributed by atoms with Gasteiger partial charge in [-0.3, -0.25) is 4.90 Å². The summed E-state index contributed by atoms with van der Waals surface area (Å²) in [5.74, 6) is 0. The van der Waals surface area contributed by atoms with Gasteiger partial charge >= 0.3 is 0 Å². The molecule has 2 atom stereocenters. The summed E-state index contributed by atoms with van der Waals surface area (Å²) in [6.45, 7) is 14.3. The van der Waals surface area contributed by atoms with Gasteiger partial charge in [-0.05, 0) is 36.5 Å². The largest absolute Gasteiger partial charge is 0.415 e. The maximum atomic E-state index is 6.53. The second-order valence-corrected chi connectivity index (χ2v) is 13.4. The van der Waals surface area contributed by atoms with E-state index in [-0.39, 0.29) is 5.04 Å². The maximum Gasteiger partial charge on any atom is 0.192 e. The quantitative estimate of drug-likeness (QED) is 0.667. The van der Waals surface area contributed by atoms with Crippen LogP contribution in [0.1, 0.15) is 39.2 Å². The molecule has 1 saturated heterocycles. The van der Waals surface area contributed by atoms with Crippen molar-refractivity contribution in [1.82, 2.24) is 4.90 Å². The van der Waals surface area contributed by atoms with Gasteiger partial charge in [0.25, 0.3) is 0 Å². The van der Waals surface area contributed by atoms with E-state index in [1.54, 1.807) is 7.11 Å². The van der Waals surface area contributed by atoms with Crippen LogP contribution in [0.15, 0.2) is 30.3 Å². The summed E-state index contributed by atoms with van der Waals surface area (Å²) in [4.78, 5) is 2.60. The molecule has 1 aliphatic heterocycles. The van der Waals surface area contributed by atoms with Crippen LogP contribution in [0.25, 0.3) is 0 Å². The van der Waals surface area contributed by atoms with Crippen LogP contribution in [-0.4, -0.2) is 45.6 Å². The fraction of sp³-hybridized carbons (Fsp3) is 0.700. The van der Waals surface area contributed by atoms with Crippen molar-refractivity contribution < 1.29 is 9.16 Å². The zero-order chi connectivity index (χ0) is 17.8. The van der Waals surface area contributed by atoms with E-state index in [1.807, 2.05) is 0 Å². The summed E-state index contributed by atoms with van der Waals surface area (Å²) in [5, 5.41) is 0.266. The zero-order valence-electron chi connectivity index (χ0n) is 16.3. The predicted octanol–water partition coefficient (Wildman–Crippen LogP) is 4.69. The lowest BCUT2D eigenvalue weighted by Crippen LogP contribution is -2.46. The van der Waals surface area contributed by atoms with Crippen molar-refractivity contribution in [3.05, 3.63) is 35.9 Å². The molecule has 0 aromatic heterocycles. The van der Waals surface area contributed by atoms with E-state index in [2.05, 4.69) is 69.1 Å². The average molecular weight is 350 g/mol. The summed E-state index contributed by atoms with van der Waals surface area (Å²) in [5.41, 5.74) is 1.37. The van der Waals surface area contributed by atoms with Crippen LogP contribution < -0.4 is 0 Å². The molecule has 0 radical (unpaired) electrons. The lowest BCUT2D eigenvalue weighted by molar-refractivity contribution is 0.0730. The van der Waals surface area contributed by atoms with Crippen LogP contribution in [-0.2, 0) is 15.7 Å². The van der Waals surface area contributed by atoms with E-state index in [9.17, 15) is 0 Å². The van der Waals surface area contributed by atoms with Gasteiger partial charge in [0.05, 0.1) is 6.61 Å². The van der Waals surface area contributed by atoms with Crippen molar-refractivity contribution in [1.29, 1.82) is 0 Å². The Bertz CT molecular complexity index is 498. The van der Waals surface area contributed by atoms with Crippen LogP contribution in [0.2, 0.25) is 18.1 Å². The maximum absolute atomic E-state index is 6.53. The van der Waals surface area contributed by atoms with Crippen molar-refractivity contribution in [2.75, 3.05) is 20.3 Å². The van der Waals surface area contributed by atoms with Crippen LogP contribution in [0.3, 0.4) is 0 Å². The van der Waals surface area contributed by atoms with Gasteiger partial charge in [-0.15, -0.1) is 0 Å². The van der Waals surface area contributed by atoms with E-state index in [1.165, 1.54) is 18.4 Å². The van der Waals surface area contributed by atoms with Crippen LogP contribution in [0.5, 0.6) is 0 Å². The first kappa shape index (κ1) is 19.6. The first-order valence-corrected chi connectivity index (χ1v) is 12.1. The average Bonchev–Trinajstić information content (AvgIpc) is 2.88. The van der Waals surface area contributed by atoms with E-state index in [4.69, 9.17) is 9.16 Å². The number of hydrogen-bond acceptors (Lipinski definition) is 3. The highest BCUT2D eigenvalue weighted by Gasteiger charge is 2.40. The molecule has 0 N–H and O–H groups in total. The highest BCUT2D eigenvalue weighted by molar-refractivity contribution is 6.74. The molecule has 136 valence electrons. The molecule has 1 aliphatic rings. The predicted molar refractivity (Wildman–Crippen MR) is 104 cm³/mol. The Labute approximate surface area is 149 Å². The molecular weight excluding hydrogens is 314 g/mol. The Hall–Kier alpha value is -0.683. The molecule has 0 saturated carbocycles. The van der Waals surface area contributed by atoms with E-state index < -0.39 is 8.32 Å². The fourth-order valence-electron chi connectivity index (χ4n) is 3.14. The minimum Gasteiger partial charge on any atom is -0.415 e. The number of benzene rings is 1. The summed E-state index contributed by atoms with van der Waals surface area (Å²) in [6.07, 6.45) is 2.40. The van der Waals surface area contributed by atoms with E-state index >= 15 is 0 Å². The monoisotopic (exact) mass is 349 g/mol. The Kier molecular flexibility index (Phi) is 6.65. The summed E-state index contributed by atoms with van der Waals surface area (Å²) < 4.78 is 12.0. The minimum atomic E-state index is -1.69. The van der Waals surface area contributed by atoms with Gasteiger partial charge in [0.15, 0.2) is 8.32 Å². The van der Waals surface area contributed by atoms with Gasteiger partial charge in [0, 0.05) is 32.3 Å². The smallest absolute Gasteiger partial charge is 0.192 e. The molecule has 1 aromatic rings.